The van der Waals surface area contributed by atoms with Gasteiger partial charge in [-0.15, -0.1) is 0 Å². The van der Waals surface area contributed by atoms with Crippen LogP contribution in [-0.2, 0) is 13.2 Å². The Labute approximate surface area is 126 Å². The van der Waals surface area contributed by atoms with Crippen molar-refractivity contribution in [2.45, 2.75) is 27.0 Å². The van der Waals surface area contributed by atoms with Crippen LogP contribution in [0.4, 0.5) is 0 Å². The topological polar surface area (TPSA) is 30.5 Å². The van der Waals surface area contributed by atoms with Crippen molar-refractivity contribution < 1.29 is 9.47 Å². The zero-order valence-electron chi connectivity index (χ0n) is 13.2. The van der Waals surface area contributed by atoms with Crippen molar-refractivity contribution in [3.05, 3.63) is 58.7 Å². The lowest BCUT2D eigenvalue weighted by Gasteiger charge is -2.13. The van der Waals surface area contributed by atoms with Gasteiger partial charge in [-0.2, -0.15) is 0 Å². The first kappa shape index (κ1) is 15.4. The zero-order chi connectivity index (χ0) is 15.2. The van der Waals surface area contributed by atoms with Gasteiger partial charge in [0.25, 0.3) is 0 Å². The van der Waals surface area contributed by atoms with Crippen molar-refractivity contribution in [2.75, 3.05) is 14.2 Å². The minimum absolute atomic E-state index is 0.562. The molecular formula is C18H23NO2. The smallest absolute Gasteiger partial charge is 0.127 e. The number of hydrogen-bond acceptors (Lipinski definition) is 3. The molecule has 0 unspecified atom stereocenters. The maximum Gasteiger partial charge on any atom is 0.127 e. The Morgan fingerprint density at radius 2 is 1.71 bits per heavy atom. The Kier molecular flexibility index (Phi) is 5.23. The van der Waals surface area contributed by atoms with Gasteiger partial charge in [-0.25, -0.2) is 0 Å². The van der Waals surface area contributed by atoms with Crippen LogP contribution in [0, 0.1) is 13.8 Å². The second-order valence-corrected chi connectivity index (χ2v) is 5.29. The summed E-state index contributed by atoms with van der Waals surface area (Å²) < 4.78 is 11.3. The normalized spacial score (nSPS) is 10.5. The van der Waals surface area contributed by atoms with Gasteiger partial charge in [0.05, 0.1) is 7.11 Å². The molecule has 0 atom stereocenters. The van der Waals surface area contributed by atoms with Gasteiger partial charge < -0.3 is 14.8 Å². The van der Waals surface area contributed by atoms with Crippen LogP contribution in [-0.4, -0.2) is 14.2 Å². The highest BCUT2D eigenvalue weighted by molar-refractivity contribution is 5.41. The maximum absolute atomic E-state index is 6.01. The minimum Gasteiger partial charge on any atom is -0.497 e. The lowest BCUT2D eigenvalue weighted by Crippen LogP contribution is -2.08. The third-order valence-electron chi connectivity index (χ3n) is 3.32. The number of ether oxygens (including phenoxy) is 2. The highest BCUT2D eigenvalue weighted by Gasteiger charge is 2.06. The molecule has 0 aliphatic rings. The van der Waals surface area contributed by atoms with E-state index < -0.39 is 0 Å². The first-order valence-corrected chi connectivity index (χ1v) is 7.14. The summed E-state index contributed by atoms with van der Waals surface area (Å²) in [6.45, 7) is 5.54. The molecule has 0 saturated carbocycles. The standard InChI is InChI=1S/C18H23NO2/c1-13-7-14(2)9-15(8-13)12-21-18-10-17(20-4)6-5-16(18)11-19-3/h5-10,19H,11-12H2,1-4H3. The van der Waals surface area contributed by atoms with E-state index in [2.05, 4.69) is 37.4 Å². The number of nitrogens with one attached hydrogen (secondary N) is 1. The summed E-state index contributed by atoms with van der Waals surface area (Å²) in [5, 5.41) is 3.16. The van der Waals surface area contributed by atoms with Crippen molar-refractivity contribution in [1.82, 2.24) is 5.32 Å². The molecule has 0 heterocycles. The lowest BCUT2D eigenvalue weighted by atomic mass is 10.1. The van der Waals surface area contributed by atoms with Gasteiger partial charge in [-0.1, -0.05) is 35.4 Å². The van der Waals surface area contributed by atoms with E-state index in [1.165, 1.54) is 16.7 Å². The highest BCUT2D eigenvalue weighted by atomic mass is 16.5. The molecule has 2 rings (SSSR count). The SMILES string of the molecule is CNCc1ccc(OC)cc1OCc1cc(C)cc(C)c1. The van der Waals surface area contributed by atoms with Crippen LogP contribution in [0.25, 0.3) is 0 Å². The van der Waals surface area contributed by atoms with Crippen LogP contribution >= 0.6 is 0 Å². The molecule has 112 valence electrons. The molecule has 0 saturated heterocycles. The Hall–Kier alpha value is -2.00. The molecule has 0 spiro atoms. The lowest BCUT2D eigenvalue weighted by molar-refractivity contribution is 0.299. The first-order chi connectivity index (χ1) is 10.1. The Morgan fingerprint density at radius 3 is 2.33 bits per heavy atom. The van der Waals surface area contributed by atoms with E-state index in [9.17, 15) is 0 Å². The van der Waals surface area contributed by atoms with E-state index in [0.29, 0.717) is 6.61 Å². The average molecular weight is 285 g/mol. The molecule has 0 aromatic heterocycles. The van der Waals surface area contributed by atoms with E-state index in [0.717, 1.165) is 23.6 Å². The molecule has 0 aliphatic heterocycles. The second-order valence-electron chi connectivity index (χ2n) is 5.29. The van der Waals surface area contributed by atoms with Gasteiger partial charge in [0.15, 0.2) is 0 Å². The number of aryl methyl sites for hydroxylation is 2. The van der Waals surface area contributed by atoms with Crippen LogP contribution in [0.15, 0.2) is 36.4 Å². The molecule has 0 bridgehead atoms. The van der Waals surface area contributed by atoms with Crippen molar-refractivity contribution in [3.8, 4) is 11.5 Å². The van der Waals surface area contributed by atoms with Crippen molar-refractivity contribution in [2.24, 2.45) is 0 Å². The van der Waals surface area contributed by atoms with Gasteiger partial charge in [0, 0.05) is 18.2 Å². The van der Waals surface area contributed by atoms with Crippen LogP contribution in [0.3, 0.4) is 0 Å². The summed E-state index contributed by atoms with van der Waals surface area (Å²) in [6.07, 6.45) is 0. The van der Waals surface area contributed by atoms with Crippen LogP contribution in [0.2, 0.25) is 0 Å². The van der Waals surface area contributed by atoms with E-state index in [1.54, 1.807) is 7.11 Å². The minimum atomic E-state index is 0.562. The van der Waals surface area contributed by atoms with Crippen molar-refractivity contribution in [3.63, 3.8) is 0 Å². The molecule has 0 fully saturated rings. The van der Waals surface area contributed by atoms with E-state index in [-0.39, 0.29) is 0 Å². The molecule has 0 aliphatic carbocycles. The van der Waals surface area contributed by atoms with Crippen LogP contribution < -0.4 is 14.8 Å². The Morgan fingerprint density at radius 1 is 1.00 bits per heavy atom. The fraction of sp³-hybridized carbons (Fsp3) is 0.333. The third kappa shape index (κ3) is 4.23. The van der Waals surface area contributed by atoms with E-state index in [4.69, 9.17) is 9.47 Å². The molecule has 3 nitrogen and oxygen atoms in total. The van der Waals surface area contributed by atoms with Gasteiger partial charge in [0.1, 0.15) is 18.1 Å². The monoisotopic (exact) mass is 285 g/mol. The highest BCUT2D eigenvalue weighted by Crippen LogP contribution is 2.26. The second kappa shape index (κ2) is 7.14. The third-order valence-corrected chi connectivity index (χ3v) is 3.32. The van der Waals surface area contributed by atoms with E-state index in [1.807, 2.05) is 25.2 Å². The fourth-order valence-corrected chi connectivity index (χ4v) is 2.45. The van der Waals surface area contributed by atoms with Crippen molar-refractivity contribution in [1.29, 1.82) is 0 Å². The summed E-state index contributed by atoms with van der Waals surface area (Å²) in [4.78, 5) is 0. The van der Waals surface area contributed by atoms with Crippen molar-refractivity contribution >= 4 is 0 Å². The molecule has 21 heavy (non-hydrogen) atoms. The van der Waals surface area contributed by atoms with E-state index >= 15 is 0 Å². The molecular weight excluding hydrogens is 262 g/mol. The van der Waals surface area contributed by atoms with Crippen LogP contribution in [0.5, 0.6) is 11.5 Å². The molecule has 1 N–H and O–H groups in total. The predicted octanol–water partition coefficient (Wildman–Crippen LogP) is 3.61. The molecule has 0 amide bonds. The van der Waals surface area contributed by atoms with Crippen LogP contribution in [0.1, 0.15) is 22.3 Å². The first-order valence-electron chi connectivity index (χ1n) is 7.14. The summed E-state index contributed by atoms with van der Waals surface area (Å²) in [5.41, 5.74) is 4.83. The molecule has 2 aromatic rings. The quantitative estimate of drug-likeness (QED) is 0.879. The zero-order valence-corrected chi connectivity index (χ0v) is 13.2. The number of hydrogen-bond donors (Lipinski definition) is 1. The average Bonchev–Trinajstić information content (AvgIpc) is 2.45. The summed E-state index contributed by atoms with van der Waals surface area (Å²) >= 11 is 0. The summed E-state index contributed by atoms with van der Waals surface area (Å²) in [5.74, 6) is 1.67. The van der Waals surface area contributed by atoms with Gasteiger partial charge in [0.2, 0.25) is 0 Å². The van der Waals surface area contributed by atoms with Gasteiger partial charge >= 0.3 is 0 Å². The number of benzene rings is 2. The van der Waals surface area contributed by atoms with Gasteiger partial charge in [-0.05, 0) is 32.5 Å². The Balaban J connectivity index is 2.17. The fourth-order valence-electron chi connectivity index (χ4n) is 2.45. The predicted molar refractivity (Wildman–Crippen MR) is 86.0 cm³/mol. The maximum atomic E-state index is 6.01. The number of methoxy groups -OCH3 is 1. The largest absolute Gasteiger partial charge is 0.497 e. The molecule has 0 radical (unpaired) electrons. The summed E-state index contributed by atoms with van der Waals surface area (Å²) in [7, 11) is 3.60. The molecule has 3 heteroatoms. The summed E-state index contributed by atoms with van der Waals surface area (Å²) in [6, 6.07) is 12.4. The number of rotatable bonds is 6. The molecule has 2 aromatic carbocycles. The van der Waals surface area contributed by atoms with Gasteiger partial charge in [-0.3, -0.25) is 0 Å². The Bertz CT molecular complexity index is 588.